The first-order valence-corrected chi connectivity index (χ1v) is 6.22. The summed E-state index contributed by atoms with van der Waals surface area (Å²) in [5.41, 5.74) is 1.40. The molecule has 0 bridgehead atoms. The number of nitrogens with zero attached hydrogens (tertiary/aromatic N) is 1. The molecule has 1 N–H and O–H groups in total. The molecule has 0 spiro atoms. The number of aliphatic hydroxyl groups is 1. The van der Waals surface area contributed by atoms with Crippen molar-refractivity contribution in [2.75, 3.05) is 0 Å². The number of aromatic nitrogens is 1. The molecule has 0 saturated heterocycles. The minimum atomic E-state index is -0.443. The van der Waals surface area contributed by atoms with Crippen LogP contribution in [-0.2, 0) is 6.42 Å². The first-order chi connectivity index (χ1) is 6.74. The molecule has 1 aromatic heterocycles. The Kier molecular flexibility index (Phi) is 2.88. The Balaban J connectivity index is 2.08. The smallest absolute Gasteiger partial charge is 0.0794 e. The molecule has 1 aliphatic carbocycles. The minimum Gasteiger partial charge on any atom is -0.389 e. The molecule has 3 heteroatoms. The van der Waals surface area contributed by atoms with Gasteiger partial charge in [0.25, 0.3) is 0 Å². The van der Waals surface area contributed by atoms with E-state index in [1.165, 1.54) is 17.7 Å². The van der Waals surface area contributed by atoms with E-state index in [0.717, 1.165) is 19.3 Å². The molecule has 1 saturated carbocycles. The number of rotatable bonds is 3. The second-order valence-electron chi connectivity index (χ2n) is 4.25. The third-order valence-corrected chi connectivity index (χ3v) is 4.16. The number of hydrogen-bond donors (Lipinski definition) is 1. The topological polar surface area (TPSA) is 33.1 Å². The molecule has 2 atom stereocenters. The van der Waals surface area contributed by atoms with Gasteiger partial charge in [-0.3, -0.25) is 4.98 Å². The highest BCUT2D eigenvalue weighted by atomic mass is 32.1. The molecule has 1 fully saturated rings. The maximum Gasteiger partial charge on any atom is 0.0794 e. The molecule has 0 aliphatic heterocycles. The molecule has 0 amide bonds. The second-order valence-corrected chi connectivity index (χ2v) is 5.22. The Hall–Kier alpha value is -0.410. The second kappa shape index (κ2) is 3.99. The molecule has 1 aliphatic rings. The van der Waals surface area contributed by atoms with Crippen LogP contribution in [0.1, 0.15) is 37.5 Å². The van der Waals surface area contributed by atoms with Crippen LogP contribution in [0.2, 0.25) is 0 Å². The van der Waals surface area contributed by atoms with Crippen LogP contribution in [0.5, 0.6) is 0 Å². The zero-order chi connectivity index (χ0) is 10.0. The van der Waals surface area contributed by atoms with E-state index in [1.54, 1.807) is 11.3 Å². The van der Waals surface area contributed by atoms with Crippen LogP contribution in [0.15, 0.2) is 11.7 Å². The average Bonchev–Trinajstić information content (AvgIpc) is 2.75. The van der Waals surface area contributed by atoms with E-state index >= 15 is 0 Å². The summed E-state index contributed by atoms with van der Waals surface area (Å²) < 4.78 is 0. The van der Waals surface area contributed by atoms with Crippen LogP contribution in [0.3, 0.4) is 0 Å². The Morgan fingerprint density at radius 3 is 3.21 bits per heavy atom. The third kappa shape index (κ3) is 1.84. The Morgan fingerprint density at radius 2 is 2.57 bits per heavy atom. The van der Waals surface area contributed by atoms with E-state index < -0.39 is 5.60 Å². The van der Waals surface area contributed by atoms with E-state index in [-0.39, 0.29) is 0 Å². The molecule has 1 heterocycles. The van der Waals surface area contributed by atoms with Gasteiger partial charge >= 0.3 is 0 Å². The predicted molar refractivity (Wildman–Crippen MR) is 58.4 cm³/mol. The van der Waals surface area contributed by atoms with E-state index in [9.17, 15) is 5.11 Å². The summed E-state index contributed by atoms with van der Waals surface area (Å²) in [5, 5.41) is 10.5. The maximum absolute atomic E-state index is 10.5. The van der Waals surface area contributed by atoms with Crippen molar-refractivity contribution in [3.8, 4) is 0 Å². The fourth-order valence-corrected chi connectivity index (χ4v) is 3.29. The van der Waals surface area contributed by atoms with Crippen LogP contribution in [0.25, 0.3) is 0 Å². The van der Waals surface area contributed by atoms with Gasteiger partial charge in [-0.25, -0.2) is 0 Å². The molecule has 2 rings (SSSR count). The SMILES string of the molecule is CCC1CCCC1(O)Cc1cncs1. The van der Waals surface area contributed by atoms with E-state index in [0.29, 0.717) is 5.92 Å². The highest BCUT2D eigenvalue weighted by molar-refractivity contribution is 7.09. The summed E-state index contributed by atoms with van der Waals surface area (Å²) in [4.78, 5) is 5.27. The van der Waals surface area contributed by atoms with E-state index in [1.807, 2.05) is 11.7 Å². The summed E-state index contributed by atoms with van der Waals surface area (Å²) >= 11 is 1.65. The predicted octanol–water partition coefficient (Wildman–Crippen LogP) is 2.63. The van der Waals surface area contributed by atoms with Crippen LogP contribution in [-0.4, -0.2) is 15.7 Å². The maximum atomic E-state index is 10.5. The molecule has 0 aromatic carbocycles. The molecular formula is C11H17NOS. The van der Waals surface area contributed by atoms with Crippen LogP contribution in [0.4, 0.5) is 0 Å². The fraction of sp³-hybridized carbons (Fsp3) is 0.727. The zero-order valence-corrected chi connectivity index (χ0v) is 9.39. The first kappa shape index (κ1) is 10.1. The summed E-state index contributed by atoms with van der Waals surface area (Å²) in [6, 6.07) is 0. The number of hydrogen-bond acceptors (Lipinski definition) is 3. The van der Waals surface area contributed by atoms with Crippen molar-refractivity contribution < 1.29 is 5.11 Å². The van der Waals surface area contributed by atoms with Gasteiger partial charge in [0.15, 0.2) is 0 Å². The van der Waals surface area contributed by atoms with Crippen molar-refractivity contribution in [1.29, 1.82) is 0 Å². The molecule has 14 heavy (non-hydrogen) atoms. The van der Waals surface area contributed by atoms with E-state index in [2.05, 4.69) is 11.9 Å². The van der Waals surface area contributed by atoms with Gasteiger partial charge < -0.3 is 5.11 Å². The van der Waals surface area contributed by atoms with Gasteiger partial charge in [0.2, 0.25) is 0 Å². The van der Waals surface area contributed by atoms with Gasteiger partial charge in [0, 0.05) is 17.5 Å². The lowest BCUT2D eigenvalue weighted by atomic mass is 9.85. The Morgan fingerprint density at radius 1 is 1.71 bits per heavy atom. The Labute approximate surface area is 89.0 Å². The lowest BCUT2D eigenvalue weighted by Crippen LogP contribution is -2.35. The monoisotopic (exact) mass is 211 g/mol. The quantitative estimate of drug-likeness (QED) is 0.833. The first-order valence-electron chi connectivity index (χ1n) is 5.34. The van der Waals surface area contributed by atoms with Gasteiger partial charge in [-0.15, -0.1) is 11.3 Å². The van der Waals surface area contributed by atoms with Crippen LogP contribution >= 0.6 is 11.3 Å². The summed E-state index contributed by atoms with van der Waals surface area (Å²) in [6.45, 7) is 2.17. The fourth-order valence-electron chi connectivity index (χ4n) is 2.58. The van der Waals surface area contributed by atoms with Crippen LogP contribution < -0.4 is 0 Å². The van der Waals surface area contributed by atoms with Crippen molar-refractivity contribution in [3.63, 3.8) is 0 Å². The van der Waals surface area contributed by atoms with Crippen molar-refractivity contribution in [2.24, 2.45) is 5.92 Å². The largest absolute Gasteiger partial charge is 0.389 e. The summed E-state index contributed by atoms with van der Waals surface area (Å²) in [7, 11) is 0. The van der Waals surface area contributed by atoms with Gasteiger partial charge in [-0.1, -0.05) is 19.8 Å². The van der Waals surface area contributed by atoms with Crippen molar-refractivity contribution in [3.05, 3.63) is 16.6 Å². The third-order valence-electron chi connectivity index (χ3n) is 3.38. The standard InChI is InChI=1S/C11H17NOS/c1-2-9-4-3-5-11(9,13)6-10-7-12-8-14-10/h7-9,13H,2-6H2,1H3. The van der Waals surface area contributed by atoms with Gasteiger partial charge in [-0.2, -0.15) is 0 Å². The molecular weight excluding hydrogens is 194 g/mol. The highest BCUT2D eigenvalue weighted by Gasteiger charge is 2.39. The molecule has 2 unspecified atom stereocenters. The van der Waals surface area contributed by atoms with Gasteiger partial charge in [-0.05, 0) is 18.8 Å². The summed E-state index contributed by atoms with van der Waals surface area (Å²) in [6.07, 6.45) is 7.10. The molecule has 0 radical (unpaired) electrons. The summed E-state index contributed by atoms with van der Waals surface area (Å²) in [5.74, 6) is 0.490. The Bertz CT molecular complexity index is 285. The highest BCUT2D eigenvalue weighted by Crippen LogP contribution is 2.40. The van der Waals surface area contributed by atoms with Crippen LogP contribution in [0, 0.1) is 5.92 Å². The normalized spacial score (nSPS) is 32.3. The lowest BCUT2D eigenvalue weighted by Gasteiger charge is -2.28. The van der Waals surface area contributed by atoms with Crippen molar-refractivity contribution >= 4 is 11.3 Å². The van der Waals surface area contributed by atoms with Gasteiger partial charge in [0.1, 0.15) is 0 Å². The number of thiazole rings is 1. The average molecular weight is 211 g/mol. The minimum absolute atomic E-state index is 0.443. The zero-order valence-electron chi connectivity index (χ0n) is 8.57. The van der Waals surface area contributed by atoms with Crippen molar-refractivity contribution in [2.45, 2.75) is 44.6 Å². The molecule has 2 nitrogen and oxygen atoms in total. The molecule has 78 valence electrons. The van der Waals surface area contributed by atoms with Crippen molar-refractivity contribution in [1.82, 2.24) is 4.98 Å². The van der Waals surface area contributed by atoms with E-state index in [4.69, 9.17) is 0 Å². The lowest BCUT2D eigenvalue weighted by molar-refractivity contribution is 0.00214. The molecule has 1 aromatic rings. The van der Waals surface area contributed by atoms with Gasteiger partial charge in [0.05, 0.1) is 11.1 Å².